The summed E-state index contributed by atoms with van der Waals surface area (Å²) in [6, 6.07) is 89.8. The summed E-state index contributed by atoms with van der Waals surface area (Å²) in [6.07, 6.45) is 0. The van der Waals surface area contributed by atoms with E-state index in [1.165, 1.54) is 72.0 Å². The maximum Gasteiger partial charge on any atom is 0.0546 e. The highest BCUT2D eigenvalue weighted by atomic mass is 15.1. The van der Waals surface area contributed by atoms with Crippen molar-refractivity contribution in [1.82, 2.24) is 0 Å². The molecular weight excluding hydrogens is 711 g/mol. The maximum absolute atomic E-state index is 2.42. The van der Waals surface area contributed by atoms with Crippen molar-refractivity contribution in [1.29, 1.82) is 0 Å². The molecule has 0 saturated heterocycles. The molecule has 278 valence electrons. The predicted octanol–water partition coefficient (Wildman–Crippen LogP) is 16.3. The highest BCUT2D eigenvalue weighted by Gasteiger charge is 2.20. The van der Waals surface area contributed by atoms with Gasteiger partial charge in [0.15, 0.2) is 0 Å². The van der Waals surface area contributed by atoms with Gasteiger partial charge < -0.3 is 4.90 Å². The Morgan fingerprint density at radius 2 is 0.610 bits per heavy atom. The molecular formula is C58H41N. The van der Waals surface area contributed by atoms with Crippen LogP contribution in [0.2, 0.25) is 0 Å². The molecule has 1 nitrogen and oxygen atoms in total. The molecule has 0 spiro atoms. The molecule has 0 N–H and O–H groups in total. The van der Waals surface area contributed by atoms with Gasteiger partial charge in [-0.1, -0.05) is 218 Å². The van der Waals surface area contributed by atoms with E-state index in [0.717, 1.165) is 22.6 Å². The smallest absolute Gasteiger partial charge is 0.0546 e. The molecule has 0 bridgehead atoms. The lowest BCUT2D eigenvalue weighted by Crippen LogP contribution is -2.11. The second kappa shape index (κ2) is 16.0. The summed E-state index contributed by atoms with van der Waals surface area (Å²) in [5.41, 5.74) is 17.6. The molecule has 10 aromatic rings. The molecule has 0 fully saturated rings. The van der Waals surface area contributed by atoms with Crippen LogP contribution in [0.25, 0.3) is 77.5 Å². The first kappa shape index (κ1) is 35.7. The fraction of sp³-hybridized carbons (Fsp3) is 0. The van der Waals surface area contributed by atoms with E-state index in [2.05, 4.69) is 254 Å². The van der Waals surface area contributed by atoms with E-state index in [0.29, 0.717) is 0 Å². The topological polar surface area (TPSA) is 3.24 Å². The summed E-state index contributed by atoms with van der Waals surface area (Å²) >= 11 is 0. The lowest BCUT2D eigenvalue weighted by atomic mass is 9.89. The minimum Gasteiger partial charge on any atom is -0.310 e. The highest BCUT2D eigenvalue weighted by Crippen LogP contribution is 2.45. The zero-order chi connectivity index (χ0) is 39.4. The SMILES string of the molecule is c1ccc(-c2ccc(-c3ccccc3)c(N(c3ccc(-c4ccccc4-c4ccccc4-c4ccccc4)cc3)c3ccc(-c4cccc5ccccc45)cc3)c2)cc1. The number of hydrogen-bond acceptors (Lipinski definition) is 1. The standard InChI is InChI=1S/C58H41N/c1-4-17-42(18-5-1)48-35-40-55(45-21-8-3-9-22-45)58(41-48)59(49-36-31-46(32-37-49)52-30-16-24-44-23-10-11-25-51(44)52)50-38-33-47(34-39-50)54-27-13-15-29-57(54)56-28-14-12-26-53(56)43-19-6-2-7-20-43/h1-41H. The molecule has 0 aromatic heterocycles. The van der Waals surface area contributed by atoms with Crippen LogP contribution in [-0.4, -0.2) is 0 Å². The van der Waals surface area contributed by atoms with Crippen LogP contribution in [0.3, 0.4) is 0 Å². The zero-order valence-corrected chi connectivity index (χ0v) is 32.6. The summed E-state index contributed by atoms with van der Waals surface area (Å²) in [4.78, 5) is 2.42. The number of rotatable bonds is 9. The van der Waals surface area contributed by atoms with E-state index in [-0.39, 0.29) is 0 Å². The summed E-state index contributed by atoms with van der Waals surface area (Å²) in [5.74, 6) is 0. The van der Waals surface area contributed by atoms with Gasteiger partial charge in [-0.05, 0) is 102 Å². The highest BCUT2D eigenvalue weighted by molar-refractivity contribution is 5.98. The Morgan fingerprint density at radius 3 is 1.19 bits per heavy atom. The van der Waals surface area contributed by atoms with Gasteiger partial charge in [0.2, 0.25) is 0 Å². The number of hydrogen-bond donors (Lipinski definition) is 0. The van der Waals surface area contributed by atoms with Crippen molar-refractivity contribution in [3.8, 4) is 66.8 Å². The third kappa shape index (κ3) is 7.12. The third-order valence-electron chi connectivity index (χ3n) is 11.3. The zero-order valence-electron chi connectivity index (χ0n) is 32.6. The van der Waals surface area contributed by atoms with Crippen molar-refractivity contribution in [3.63, 3.8) is 0 Å². The second-order valence-electron chi connectivity index (χ2n) is 14.9. The monoisotopic (exact) mass is 751 g/mol. The van der Waals surface area contributed by atoms with Crippen molar-refractivity contribution in [2.75, 3.05) is 4.90 Å². The van der Waals surface area contributed by atoms with Crippen molar-refractivity contribution >= 4 is 27.8 Å². The summed E-state index contributed by atoms with van der Waals surface area (Å²) in [5, 5.41) is 2.50. The molecule has 1 heteroatoms. The fourth-order valence-corrected chi connectivity index (χ4v) is 8.43. The first-order valence-electron chi connectivity index (χ1n) is 20.3. The molecule has 0 saturated carbocycles. The Balaban J connectivity index is 1.12. The first-order chi connectivity index (χ1) is 29.3. The van der Waals surface area contributed by atoms with Gasteiger partial charge in [0.05, 0.1) is 5.69 Å². The van der Waals surface area contributed by atoms with Gasteiger partial charge in [0, 0.05) is 16.9 Å². The van der Waals surface area contributed by atoms with Gasteiger partial charge in [-0.2, -0.15) is 0 Å². The lowest BCUT2D eigenvalue weighted by molar-refractivity contribution is 1.28. The normalized spacial score (nSPS) is 11.1. The van der Waals surface area contributed by atoms with Crippen LogP contribution < -0.4 is 4.90 Å². The Bertz CT molecular complexity index is 3000. The van der Waals surface area contributed by atoms with E-state index in [1.807, 2.05) is 0 Å². The van der Waals surface area contributed by atoms with E-state index in [4.69, 9.17) is 0 Å². The molecule has 0 unspecified atom stereocenters. The van der Waals surface area contributed by atoms with E-state index in [1.54, 1.807) is 0 Å². The van der Waals surface area contributed by atoms with Crippen molar-refractivity contribution in [2.45, 2.75) is 0 Å². The average molecular weight is 752 g/mol. The van der Waals surface area contributed by atoms with Gasteiger partial charge in [-0.15, -0.1) is 0 Å². The van der Waals surface area contributed by atoms with Gasteiger partial charge >= 0.3 is 0 Å². The Labute approximate surface area is 346 Å². The first-order valence-corrected chi connectivity index (χ1v) is 20.3. The van der Waals surface area contributed by atoms with Crippen LogP contribution in [0, 0.1) is 0 Å². The van der Waals surface area contributed by atoms with Crippen molar-refractivity contribution < 1.29 is 0 Å². The molecule has 0 radical (unpaired) electrons. The van der Waals surface area contributed by atoms with Crippen LogP contribution in [-0.2, 0) is 0 Å². The van der Waals surface area contributed by atoms with Crippen LogP contribution in [0.1, 0.15) is 0 Å². The minimum absolute atomic E-state index is 1.08. The molecule has 59 heavy (non-hydrogen) atoms. The third-order valence-corrected chi connectivity index (χ3v) is 11.3. The van der Waals surface area contributed by atoms with Gasteiger partial charge in [0.25, 0.3) is 0 Å². The van der Waals surface area contributed by atoms with Crippen LogP contribution >= 0.6 is 0 Å². The number of fused-ring (bicyclic) bond motifs is 1. The largest absolute Gasteiger partial charge is 0.310 e. The quantitative estimate of drug-likeness (QED) is 0.142. The lowest BCUT2D eigenvalue weighted by Gasteiger charge is -2.29. The summed E-state index contributed by atoms with van der Waals surface area (Å²) < 4.78 is 0. The number of nitrogens with zero attached hydrogens (tertiary/aromatic N) is 1. The maximum atomic E-state index is 2.42. The second-order valence-corrected chi connectivity index (χ2v) is 14.9. The van der Waals surface area contributed by atoms with Crippen molar-refractivity contribution in [3.05, 3.63) is 249 Å². The van der Waals surface area contributed by atoms with Gasteiger partial charge in [-0.3, -0.25) is 0 Å². The molecule has 10 rings (SSSR count). The van der Waals surface area contributed by atoms with Gasteiger partial charge in [-0.25, -0.2) is 0 Å². The van der Waals surface area contributed by atoms with Crippen molar-refractivity contribution in [2.24, 2.45) is 0 Å². The van der Waals surface area contributed by atoms with Crippen LogP contribution in [0.5, 0.6) is 0 Å². The molecule has 0 aliphatic heterocycles. The Kier molecular flexibility index (Phi) is 9.68. The summed E-state index contributed by atoms with van der Waals surface area (Å²) in [6.45, 7) is 0. The minimum atomic E-state index is 1.08. The fourth-order valence-electron chi connectivity index (χ4n) is 8.43. The average Bonchev–Trinajstić information content (AvgIpc) is 3.33. The van der Waals surface area contributed by atoms with E-state index < -0.39 is 0 Å². The van der Waals surface area contributed by atoms with Gasteiger partial charge in [0.1, 0.15) is 0 Å². The van der Waals surface area contributed by atoms with E-state index >= 15 is 0 Å². The summed E-state index contributed by atoms with van der Waals surface area (Å²) in [7, 11) is 0. The molecule has 0 aliphatic rings. The Hall–Kier alpha value is -7.74. The Morgan fingerprint density at radius 1 is 0.220 bits per heavy atom. The molecule has 10 aromatic carbocycles. The number of benzene rings is 10. The number of anilines is 3. The molecule has 0 heterocycles. The molecule has 0 atom stereocenters. The molecule has 0 amide bonds. The van der Waals surface area contributed by atoms with E-state index in [9.17, 15) is 0 Å². The van der Waals surface area contributed by atoms with Crippen LogP contribution in [0.4, 0.5) is 17.1 Å². The molecule has 0 aliphatic carbocycles. The van der Waals surface area contributed by atoms with Crippen LogP contribution in [0.15, 0.2) is 249 Å². The predicted molar refractivity (Wildman–Crippen MR) is 251 cm³/mol.